The summed E-state index contributed by atoms with van der Waals surface area (Å²) in [5.41, 5.74) is 4.78. The van der Waals surface area contributed by atoms with Crippen molar-refractivity contribution >= 4 is 5.91 Å². The minimum absolute atomic E-state index is 0.606. The highest BCUT2D eigenvalue weighted by Crippen LogP contribution is 2.40. The lowest BCUT2D eigenvalue weighted by Crippen LogP contribution is -2.52. The number of hydrogen-bond donors (Lipinski definition) is 1. The Morgan fingerprint density at radius 3 is 1.60 bits per heavy atom. The van der Waals surface area contributed by atoms with Crippen LogP contribution in [-0.4, -0.2) is 49.0 Å². The first-order valence-electron chi connectivity index (χ1n) is 4.89. The Morgan fingerprint density at radius 2 is 1.35 bits per heavy atom. The van der Waals surface area contributed by atoms with Gasteiger partial charge in [-0.2, -0.15) is 39.5 Å². The van der Waals surface area contributed by atoms with Crippen LogP contribution in [0.2, 0.25) is 0 Å². The summed E-state index contributed by atoms with van der Waals surface area (Å²) in [5.74, 6) is -7.24. The molecule has 0 unspecified atom stereocenters. The van der Waals surface area contributed by atoms with E-state index >= 15 is 0 Å². The van der Waals surface area contributed by atoms with Gasteiger partial charge in [0.15, 0.2) is 0 Å². The Kier molecular flexibility index (Phi) is 5.69. The molecule has 1 amide bonds. The van der Waals surface area contributed by atoms with Gasteiger partial charge in [-0.15, -0.1) is 0 Å². The average Bonchev–Trinajstić information content (AvgIpc) is 2.09. The molecule has 0 aromatic rings. The minimum Gasteiger partial charge on any atom is -0.331 e. The quantitative estimate of drug-likeness (QED) is 0.806. The molecule has 120 valence electrons. The maximum absolute atomic E-state index is 12.2. The van der Waals surface area contributed by atoms with Gasteiger partial charge in [-0.05, 0) is 0 Å². The van der Waals surface area contributed by atoms with Crippen molar-refractivity contribution in [2.24, 2.45) is 11.7 Å². The number of amides is 1. The first kappa shape index (κ1) is 18.8. The van der Waals surface area contributed by atoms with Gasteiger partial charge in [-0.1, -0.05) is 0 Å². The zero-order chi connectivity index (χ0) is 16.4. The van der Waals surface area contributed by atoms with Crippen molar-refractivity contribution in [2.45, 2.75) is 18.5 Å². The van der Waals surface area contributed by atoms with Gasteiger partial charge in [0, 0.05) is 13.1 Å². The molecule has 0 saturated heterocycles. The molecule has 2 N–H and O–H groups in total. The zero-order valence-corrected chi connectivity index (χ0v) is 9.53. The number of alkyl halides is 9. The third-order valence-electron chi connectivity index (χ3n) is 1.98. The number of carbonyl (C=O) groups is 1. The molecule has 0 aliphatic rings. The van der Waals surface area contributed by atoms with E-state index in [1.54, 1.807) is 0 Å². The van der Waals surface area contributed by atoms with Crippen LogP contribution in [0.5, 0.6) is 0 Å². The maximum Gasteiger partial charge on any atom is 0.409 e. The van der Waals surface area contributed by atoms with Gasteiger partial charge < -0.3 is 10.6 Å². The monoisotopic (exact) mass is 320 g/mol. The van der Waals surface area contributed by atoms with E-state index in [0.717, 1.165) is 0 Å². The summed E-state index contributed by atoms with van der Waals surface area (Å²) in [6, 6.07) is 0. The van der Waals surface area contributed by atoms with Crippen molar-refractivity contribution in [3.63, 3.8) is 0 Å². The predicted octanol–water partition coefficient (Wildman–Crippen LogP) is 2.08. The van der Waals surface area contributed by atoms with E-state index in [9.17, 15) is 44.3 Å². The zero-order valence-electron chi connectivity index (χ0n) is 9.53. The standard InChI is InChI=1S/C8H9F9N2O/c9-6(10,11)3-19(2-1-18)5(20)4(7(12,13)14)8(15,16)17/h4H,1-3,18H2. The molecular formula is C8H9F9N2O. The van der Waals surface area contributed by atoms with E-state index in [4.69, 9.17) is 5.73 Å². The van der Waals surface area contributed by atoms with Gasteiger partial charge in [0.05, 0.1) is 0 Å². The molecule has 0 fully saturated rings. The van der Waals surface area contributed by atoms with Gasteiger partial charge in [0.25, 0.3) is 0 Å². The third-order valence-corrected chi connectivity index (χ3v) is 1.98. The molecule has 0 bridgehead atoms. The summed E-state index contributed by atoms with van der Waals surface area (Å²) in [5, 5.41) is 0. The lowest BCUT2D eigenvalue weighted by molar-refractivity contribution is -0.279. The summed E-state index contributed by atoms with van der Waals surface area (Å²) in [6.07, 6.45) is -17.2. The molecule has 0 aliphatic carbocycles. The summed E-state index contributed by atoms with van der Waals surface area (Å²) in [6.45, 7) is -4.04. The summed E-state index contributed by atoms with van der Waals surface area (Å²) in [4.78, 5) is 10.5. The minimum atomic E-state index is -6.05. The molecule has 0 aliphatic heterocycles. The Labute approximate surface area is 106 Å². The summed E-state index contributed by atoms with van der Waals surface area (Å²) in [7, 11) is 0. The number of hydrogen-bond acceptors (Lipinski definition) is 2. The first-order valence-corrected chi connectivity index (χ1v) is 4.89. The Balaban J connectivity index is 5.38. The van der Waals surface area contributed by atoms with Crippen LogP contribution in [0.4, 0.5) is 39.5 Å². The van der Waals surface area contributed by atoms with Gasteiger partial charge in [-0.3, -0.25) is 4.79 Å². The highest BCUT2D eigenvalue weighted by atomic mass is 19.4. The number of carbonyl (C=O) groups excluding carboxylic acids is 1. The van der Waals surface area contributed by atoms with E-state index in [0.29, 0.717) is 0 Å². The molecule has 0 aromatic carbocycles. The smallest absolute Gasteiger partial charge is 0.331 e. The van der Waals surface area contributed by atoms with Crippen LogP contribution in [0.25, 0.3) is 0 Å². The molecule has 0 heterocycles. The van der Waals surface area contributed by atoms with Crippen LogP contribution in [0.1, 0.15) is 0 Å². The fraction of sp³-hybridized carbons (Fsp3) is 0.875. The molecule has 0 spiro atoms. The van der Waals surface area contributed by atoms with Crippen LogP contribution in [0.3, 0.4) is 0 Å². The molecule has 20 heavy (non-hydrogen) atoms. The van der Waals surface area contributed by atoms with Crippen molar-refractivity contribution in [1.29, 1.82) is 0 Å². The van der Waals surface area contributed by atoms with Gasteiger partial charge in [0.1, 0.15) is 6.54 Å². The molecule has 0 radical (unpaired) electrons. The Morgan fingerprint density at radius 1 is 0.950 bits per heavy atom. The van der Waals surface area contributed by atoms with Crippen molar-refractivity contribution < 1.29 is 44.3 Å². The topological polar surface area (TPSA) is 46.3 Å². The number of rotatable bonds is 4. The van der Waals surface area contributed by atoms with Crippen molar-refractivity contribution in [2.75, 3.05) is 19.6 Å². The second-order valence-corrected chi connectivity index (χ2v) is 3.68. The van der Waals surface area contributed by atoms with Crippen molar-refractivity contribution in [1.82, 2.24) is 4.90 Å². The van der Waals surface area contributed by atoms with Gasteiger partial charge in [-0.25, -0.2) is 0 Å². The predicted molar refractivity (Wildman–Crippen MR) is 47.3 cm³/mol. The van der Waals surface area contributed by atoms with Crippen LogP contribution < -0.4 is 5.73 Å². The largest absolute Gasteiger partial charge is 0.409 e. The summed E-state index contributed by atoms with van der Waals surface area (Å²) >= 11 is 0. The second kappa shape index (κ2) is 6.06. The second-order valence-electron chi connectivity index (χ2n) is 3.68. The molecule has 0 aromatic heterocycles. The van der Waals surface area contributed by atoms with Crippen LogP contribution in [-0.2, 0) is 4.79 Å². The van der Waals surface area contributed by atoms with Crippen LogP contribution >= 0.6 is 0 Å². The highest BCUT2D eigenvalue weighted by molar-refractivity contribution is 5.80. The average molecular weight is 320 g/mol. The number of nitrogens with two attached hydrogens (primary N) is 1. The van der Waals surface area contributed by atoms with Gasteiger partial charge in [0.2, 0.25) is 11.8 Å². The molecule has 0 rings (SSSR count). The first-order chi connectivity index (χ1) is 8.70. The lowest BCUT2D eigenvalue weighted by Gasteiger charge is -2.29. The molecule has 0 atom stereocenters. The van der Waals surface area contributed by atoms with E-state index in [2.05, 4.69) is 0 Å². The Bertz CT molecular complexity index is 318. The lowest BCUT2D eigenvalue weighted by atomic mass is 10.1. The number of halogens is 9. The normalized spacial score (nSPS) is 13.8. The number of nitrogens with zero attached hydrogens (tertiary/aromatic N) is 1. The van der Waals surface area contributed by atoms with E-state index < -0.39 is 54.9 Å². The molecule has 3 nitrogen and oxygen atoms in total. The van der Waals surface area contributed by atoms with Gasteiger partial charge >= 0.3 is 18.5 Å². The SMILES string of the molecule is NCCN(CC(F)(F)F)C(=O)C(C(F)(F)F)C(F)(F)F. The molecular weight excluding hydrogens is 311 g/mol. The highest BCUT2D eigenvalue weighted by Gasteiger charge is 2.62. The Hall–Kier alpha value is -1.20. The van der Waals surface area contributed by atoms with E-state index in [1.807, 2.05) is 0 Å². The fourth-order valence-electron chi connectivity index (χ4n) is 1.29. The molecule has 0 saturated carbocycles. The maximum atomic E-state index is 12.2. The van der Waals surface area contributed by atoms with E-state index in [-0.39, 0.29) is 0 Å². The van der Waals surface area contributed by atoms with E-state index in [1.165, 1.54) is 0 Å². The fourth-order valence-corrected chi connectivity index (χ4v) is 1.29. The van der Waals surface area contributed by atoms with Crippen molar-refractivity contribution in [3.05, 3.63) is 0 Å². The molecule has 12 heteroatoms. The third kappa shape index (κ3) is 5.84. The van der Waals surface area contributed by atoms with Crippen molar-refractivity contribution in [3.8, 4) is 0 Å². The van der Waals surface area contributed by atoms with Crippen LogP contribution in [0, 0.1) is 5.92 Å². The van der Waals surface area contributed by atoms with Crippen LogP contribution in [0.15, 0.2) is 0 Å². The summed E-state index contributed by atoms with van der Waals surface area (Å²) < 4.78 is 109.